The lowest BCUT2D eigenvalue weighted by atomic mass is 9.85. The van der Waals surface area contributed by atoms with Gasteiger partial charge in [0.15, 0.2) is 0 Å². The number of allylic oxidation sites excluding steroid dienone is 3. The van der Waals surface area contributed by atoms with Crippen LogP contribution in [0.3, 0.4) is 0 Å². The van der Waals surface area contributed by atoms with Gasteiger partial charge >= 0.3 is 0 Å². The number of nitrogens with one attached hydrogen (secondary N) is 1. The number of rotatable bonds is 9. The summed E-state index contributed by atoms with van der Waals surface area (Å²) in [6.07, 6.45) is 5.74. The third-order valence-corrected chi connectivity index (χ3v) is 5.53. The van der Waals surface area contributed by atoms with Gasteiger partial charge in [-0.15, -0.1) is 0 Å². The van der Waals surface area contributed by atoms with E-state index < -0.39 is 0 Å². The van der Waals surface area contributed by atoms with Crippen molar-refractivity contribution in [2.45, 2.75) is 31.8 Å². The second kappa shape index (κ2) is 11.2. The molecular weight excluding hydrogens is 416 g/mol. The van der Waals surface area contributed by atoms with E-state index in [4.69, 9.17) is 16.2 Å². The molecule has 0 radical (unpaired) electrons. The van der Waals surface area contributed by atoms with Gasteiger partial charge in [0, 0.05) is 17.7 Å². The number of aliphatic hydroxyl groups is 1. The molecule has 172 valence electrons. The molecular formula is C26H30N4O3. The van der Waals surface area contributed by atoms with Crippen LogP contribution in [0.2, 0.25) is 0 Å². The lowest BCUT2D eigenvalue weighted by Crippen LogP contribution is -2.24. The Kier molecular flexibility index (Phi) is 8.05. The van der Waals surface area contributed by atoms with Crippen molar-refractivity contribution in [3.63, 3.8) is 0 Å². The van der Waals surface area contributed by atoms with Crippen LogP contribution in [0.15, 0.2) is 90.0 Å². The van der Waals surface area contributed by atoms with Crippen molar-refractivity contribution in [1.82, 2.24) is 0 Å². The van der Waals surface area contributed by atoms with E-state index in [1.165, 1.54) is 6.21 Å². The van der Waals surface area contributed by atoms with Crippen LogP contribution in [0.5, 0.6) is 5.75 Å². The van der Waals surface area contributed by atoms with Crippen LogP contribution in [0.4, 0.5) is 11.4 Å². The second-order valence-electron chi connectivity index (χ2n) is 7.93. The van der Waals surface area contributed by atoms with Gasteiger partial charge in [0.25, 0.3) is 0 Å². The average molecular weight is 447 g/mol. The number of nitrogen functional groups attached to an aromatic ring is 1. The number of nitrogens with two attached hydrogens (primary N) is 2. The minimum absolute atomic E-state index is 0.0889. The summed E-state index contributed by atoms with van der Waals surface area (Å²) in [5.74, 6) is 0.616. The zero-order chi connectivity index (χ0) is 23.8. The molecule has 0 heterocycles. The Morgan fingerprint density at radius 1 is 1.12 bits per heavy atom. The van der Waals surface area contributed by atoms with Crippen molar-refractivity contribution < 1.29 is 14.6 Å². The summed E-state index contributed by atoms with van der Waals surface area (Å²) < 4.78 is 5.95. The fraction of sp³-hybridized carbons (Fsp3) is 0.231. The van der Waals surface area contributed by atoms with Gasteiger partial charge < -0.3 is 26.6 Å². The van der Waals surface area contributed by atoms with Gasteiger partial charge in [-0.3, -0.25) is 4.79 Å². The fourth-order valence-corrected chi connectivity index (χ4v) is 3.63. The van der Waals surface area contributed by atoms with Gasteiger partial charge in [-0.25, -0.2) is 4.99 Å². The van der Waals surface area contributed by atoms with E-state index in [1.54, 1.807) is 42.5 Å². The van der Waals surface area contributed by atoms with Crippen molar-refractivity contribution >= 4 is 23.4 Å². The summed E-state index contributed by atoms with van der Waals surface area (Å²) in [4.78, 5) is 17.0. The molecule has 33 heavy (non-hydrogen) atoms. The zero-order valence-corrected chi connectivity index (χ0v) is 18.5. The van der Waals surface area contributed by atoms with Gasteiger partial charge in [0.1, 0.15) is 5.75 Å². The molecule has 7 heteroatoms. The SMILES string of the molecule is C=CC=N/C(Oc1ccc(C(=O)C(=C)Nc2ccccc2N)cc1)=C(\N)C1CCC(O)CC1. The number of ether oxygens (including phenoxy) is 1. The normalized spacial score (nSPS) is 18.9. The molecule has 1 aliphatic rings. The Balaban J connectivity index is 1.72. The Morgan fingerprint density at radius 3 is 2.42 bits per heavy atom. The highest BCUT2D eigenvalue weighted by atomic mass is 16.5. The molecule has 2 aromatic carbocycles. The maximum atomic E-state index is 12.7. The van der Waals surface area contributed by atoms with E-state index in [9.17, 15) is 9.90 Å². The number of hydrogen-bond acceptors (Lipinski definition) is 7. The molecule has 0 atom stereocenters. The molecule has 1 fully saturated rings. The number of carbonyl (C=O) groups excluding carboxylic acids is 1. The largest absolute Gasteiger partial charge is 0.437 e. The van der Waals surface area contributed by atoms with E-state index >= 15 is 0 Å². The van der Waals surface area contributed by atoms with E-state index in [1.807, 2.05) is 12.1 Å². The van der Waals surface area contributed by atoms with Crippen LogP contribution in [0.1, 0.15) is 36.0 Å². The van der Waals surface area contributed by atoms with Gasteiger partial charge in [0.2, 0.25) is 11.7 Å². The van der Waals surface area contributed by atoms with Crippen LogP contribution >= 0.6 is 0 Å². The number of ketones is 1. The summed E-state index contributed by atoms with van der Waals surface area (Å²) in [6.45, 7) is 7.48. The maximum Gasteiger partial charge on any atom is 0.238 e. The lowest BCUT2D eigenvalue weighted by molar-refractivity contribution is 0.103. The topological polar surface area (TPSA) is 123 Å². The third-order valence-electron chi connectivity index (χ3n) is 5.53. The predicted octanol–water partition coefficient (Wildman–Crippen LogP) is 4.39. The quantitative estimate of drug-likeness (QED) is 0.149. The molecule has 2 aromatic rings. The number of para-hydroxylation sites is 2. The second-order valence-corrected chi connectivity index (χ2v) is 7.93. The van der Waals surface area contributed by atoms with Crippen molar-refractivity contribution in [3.8, 4) is 5.75 Å². The monoisotopic (exact) mass is 446 g/mol. The highest BCUT2D eigenvalue weighted by Crippen LogP contribution is 2.30. The first kappa shape index (κ1) is 23.8. The van der Waals surface area contributed by atoms with Crippen molar-refractivity contribution in [3.05, 3.63) is 90.6 Å². The molecule has 1 aliphatic carbocycles. The molecule has 0 aliphatic heterocycles. The summed E-state index contributed by atoms with van der Waals surface area (Å²) in [7, 11) is 0. The predicted molar refractivity (Wildman–Crippen MR) is 133 cm³/mol. The highest BCUT2D eigenvalue weighted by Gasteiger charge is 2.24. The minimum atomic E-state index is -0.275. The molecule has 3 rings (SSSR count). The first-order valence-corrected chi connectivity index (χ1v) is 10.8. The number of nitrogens with zero attached hydrogens (tertiary/aromatic N) is 1. The smallest absolute Gasteiger partial charge is 0.238 e. The Morgan fingerprint density at radius 2 is 1.79 bits per heavy atom. The fourth-order valence-electron chi connectivity index (χ4n) is 3.63. The number of aliphatic hydroxyl groups excluding tert-OH is 1. The third kappa shape index (κ3) is 6.33. The summed E-state index contributed by atoms with van der Waals surface area (Å²) in [5, 5.41) is 12.7. The van der Waals surface area contributed by atoms with Gasteiger partial charge in [0.05, 0.1) is 28.9 Å². The highest BCUT2D eigenvalue weighted by molar-refractivity contribution is 6.10. The number of aliphatic imine (C=N–C) groups is 1. The van der Waals surface area contributed by atoms with Crippen LogP contribution < -0.4 is 21.5 Å². The molecule has 7 nitrogen and oxygen atoms in total. The average Bonchev–Trinajstić information content (AvgIpc) is 2.83. The molecule has 0 spiro atoms. The van der Waals surface area contributed by atoms with Crippen molar-refractivity contribution in [2.24, 2.45) is 16.6 Å². The van der Waals surface area contributed by atoms with Crippen molar-refractivity contribution in [1.29, 1.82) is 0 Å². The van der Waals surface area contributed by atoms with Crippen LogP contribution in [0.25, 0.3) is 0 Å². The van der Waals surface area contributed by atoms with Gasteiger partial charge in [-0.2, -0.15) is 0 Å². The summed E-state index contributed by atoms with van der Waals surface area (Å²) >= 11 is 0. The van der Waals surface area contributed by atoms with Crippen LogP contribution in [-0.4, -0.2) is 23.2 Å². The molecule has 1 saturated carbocycles. The van der Waals surface area contributed by atoms with E-state index in [2.05, 4.69) is 23.5 Å². The number of Topliss-reactive ketones (excluding diaryl/α,β-unsaturated/α-hetero) is 1. The number of anilines is 2. The standard InChI is InChI=1S/C26H30N4O3/c1-3-16-29-26(24(28)18-8-12-20(31)13-9-18)33-21-14-10-19(11-15-21)25(32)17(2)30-23-7-5-4-6-22(23)27/h3-7,10-11,14-16,18,20,30-31H,1-2,8-9,12-13,27-28H2/b26-24+,29-16?. The van der Waals surface area contributed by atoms with Crippen LogP contribution in [0, 0.1) is 5.92 Å². The first-order valence-electron chi connectivity index (χ1n) is 10.8. The summed E-state index contributed by atoms with van der Waals surface area (Å²) in [6, 6.07) is 13.8. The van der Waals surface area contributed by atoms with Gasteiger partial charge in [-0.1, -0.05) is 31.4 Å². The number of carbonyl (C=O) groups is 1. The van der Waals surface area contributed by atoms with E-state index in [0.29, 0.717) is 47.1 Å². The Labute approximate surface area is 194 Å². The molecule has 6 N–H and O–H groups in total. The molecule has 0 saturated heterocycles. The molecule has 0 bridgehead atoms. The molecule has 0 aromatic heterocycles. The molecule has 0 amide bonds. The van der Waals surface area contributed by atoms with E-state index in [-0.39, 0.29) is 23.5 Å². The Hall–Kier alpha value is -3.84. The zero-order valence-electron chi connectivity index (χ0n) is 18.5. The Bertz CT molecular complexity index is 1070. The minimum Gasteiger partial charge on any atom is -0.437 e. The van der Waals surface area contributed by atoms with Gasteiger partial charge in [-0.05, 0) is 62.1 Å². The summed E-state index contributed by atoms with van der Waals surface area (Å²) in [5.41, 5.74) is 14.6. The van der Waals surface area contributed by atoms with Crippen LogP contribution in [-0.2, 0) is 0 Å². The van der Waals surface area contributed by atoms with Crippen molar-refractivity contribution in [2.75, 3.05) is 11.1 Å². The molecule has 0 unspecified atom stereocenters. The van der Waals surface area contributed by atoms with E-state index in [0.717, 1.165) is 12.8 Å². The number of hydrogen-bond donors (Lipinski definition) is 4. The lowest BCUT2D eigenvalue weighted by Gasteiger charge is -2.26. The first-order chi connectivity index (χ1) is 15.9. The maximum absolute atomic E-state index is 12.7. The number of benzene rings is 2.